The van der Waals surface area contributed by atoms with Gasteiger partial charge in [0.1, 0.15) is 11.6 Å². The van der Waals surface area contributed by atoms with Crippen LogP contribution in [0.15, 0.2) is 54.6 Å². The minimum atomic E-state index is 0.310. The van der Waals surface area contributed by atoms with Crippen LogP contribution in [0.5, 0.6) is 0 Å². The fourth-order valence-electron chi connectivity index (χ4n) is 2.10. The van der Waals surface area contributed by atoms with Crippen LogP contribution in [0.1, 0.15) is 11.4 Å². The van der Waals surface area contributed by atoms with Crippen molar-refractivity contribution in [2.75, 3.05) is 5.32 Å². The fraction of sp³-hybridized carbons (Fsp3) is 0.125. The molecule has 0 aliphatic heterocycles. The topological polar surface area (TPSA) is 37.8 Å². The van der Waals surface area contributed by atoms with E-state index in [1.165, 1.54) is 5.56 Å². The highest BCUT2D eigenvalue weighted by molar-refractivity contribution is 6.16. The van der Waals surface area contributed by atoms with Gasteiger partial charge in [-0.1, -0.05) is 42.5 Å². The van der Waals surface area contributed by atoms with Gasteiger partial charge in [-0.25, -0.2) is 9.97 Å². The largest absolute Gasteiger partial charge is 0.365 e. The Bertz CT molecular complexity index is 713. The van der Waals surface area contributed by atoms with Crippen LogP contribution in [-0.4, -0.2) is 9.97 Å². The molecule has 20 heavy (non-hydrogen) atoms. The molecule has 1 N–H and O–H groups in total. The third kappa shape index (κ3) is 2.73. The first kappa shape index (κ1) is 12.9. The van der Waals surface area contributed by atoms with E-state index in [1.807, 2.05) is 42.5 Å². The second kappa shape index (κ2) is 5.88. The number of hydrogen-bond donors (Lipinski definition) is 1. The van der Waals surface area contributed by atoms with Gasteiger partial charge in [0.15, 0.2) is 0 Å². The van der Waals surface area contributed by atoms with E-state index in [0.717, 1.165) is 23.3 Å². The number of fused-ring (bicyclic) bond motifs is 1. The van der Waals surface area contributed by atoms with Crippen molar-refractivity contribution in [3.8, 4) is 0 Å². The van der Waals surface area contributed by atoms with Crippen molar-refractivity contribution in [1.29, 1.82) is 0 Å². The molecule has 0 spiro atoms. The summed E-state index contributed by atoms with van der Waals surface area (Å²) in [6.45, 7) is 0.726. The summed E-state index contributed by atoms with van der Waals surface area (Å²) >= 11 is 5.86. The highest BCUT2D eigenvalue weighted by atomic mass is 35.5. The van der Waals surface area contributed by atoms with Gasteiger partial charge in [-0.3, -0.25) is 0 Å². The maximum atomic E-state index is 5.86. The third-order valence-corrected chi connectivity index (χ3v) is 3.31. The van der Waals surface area contributed by atoms with Crippen molar-refractivity contribution in [3.63, 3.8) is 0 Å². The molecule has 0 amide bonds. The zero-order valence-corrected chi connectivity index (χ0v) is 11.6. The van der Waals surface area contributed by atoms with Gasteiger partial charge < -0.3 is 5.32 Å². The Labute approximate surface area is 122 Å². The molecule has 0 aliphatic carbocycles. The van der Waals surface area contributed by atoms with E-state index in [-0.39, 0.29) is 0 Å². The summed E-state index contributed by atoms with van der Waals surface area (Å²) in [5.74, 6) is 1.78. The summed E-state index contributed by atoms with van der Waals surface area (Å²) < 4.78 is 0. The van der Waals surface area contributed by atoms with E-state index in [0.29, 0.717) is 11.7 Å². The van der Waals surface area contributed by atoms with Crippen LogP contribution in [0.3, 0.4) is 0 Å². The van der Waals surface area contributed by atoms with Crippen LogP contribution < -0.4 is 5.32 Å². The van der Waals surface area contributed by atoms with Gasteiger partial charge >= 0.3 is 0 Å². The van der Waals surface area contributed by atoms with Crippen LogP contribution in [-0.2, 0) is 12.4 Å². The number of anilines is 1. The summed E-state index contributed by atoms with van der Waals surface area (Å²) in [6, 6.07) is 18.2. The molecular weight excluding hydrogens is 270 g/mol. The molecule has 1 aromatic heterocycles. The highest BCUT2D eigenvalue weighted by Gasteiger charge is 2.06. The first-order chi connectivity index (χ1) is 9.86. The Kier molecular flexibility index (Phi) is 3.79. The lowest BCUT2D eigenvalue weighted by molar-refractivity contribution is 1.03. The molecule has 100 valence electrons. The van der Waals surface area contributed by atoms with E-state index in [1.54, 1.807) is 0 Å². The number of benzene rings is 2. The minimum Gasteiger partial charge on any atom is -0.365 e. The van der Waals surface area contributed by atoms with Gasteiger partial charge in [-0.05, 0) is 17.7 Å². The molecule has 4 heteroatoms. The van der Waals surface area contributed by atoms with Crippen LogP contribution in [0, 0.1) is 0 Å². The second-order valence-corrected chi connectivity index (χ2v) is 4.75. The standard InChI is InChI=1S/C16H14ClN3/c17-10-15-19-14-9-5-4-8-13(14)16(20-15)18-11-12-6-2-1-3-7-12/h1-9H,10-11H2,(H,18,19,20). The molecule has 3 aromatic rings. The van der Waals surface area contributed by atoms with E-state index in [9.17, 15) is 0 Å². The first-order valence-electron chi connectivity index (χ1n) is 6.46. The molecule has 0 unspecified atom stereocenters. The van der Waals surface area contributed by atoms with Crippen LogP contribution in [0.2, 0.25) is 0 Å². The van der Waals surface area contributed by atoms with E-state index >= 15 is 0 Å². The molecular formula is C16H14ClN3. The molecule has 3 rings (SSSR count). The van der Waals surface area contributed by atoms with Crippen molar-refractivity contribution in [3.05, 3.63) is 66.0 Å². The minimum absolute atomic E-state index is 0.310. The first-order valence-corrected chi connectivity index (χ1v) is 6.99. The maximum Gasteiger partial charge on any atom is 0.146 e. The van der Waals surface area contributed by atoms with E-state index < -0.39 is 0 Å². The lowest BCUT2D eigenvalue weighted by Crippen LogP contribution is -2.04. The van der Waals surface area contributed by atoms with Gasteiger partial charge in [0.2, 0.25) is 0 Å². The molecule has 0 fully saturated rings. The van der Waals surface area contributed by atoms with Crippen LogP contribution in [0.25, 0.3) is 10.9 Å². The zero-order chi connectivity index (χ0) is 13.8. The lowest BCUT2D eigenvalue weighted by atomic mass is 10.2. The predicted molar refractivity (Wildman–Crippen MR) is 82.9 cm³/mol. The Morgan fingerprint density at radius 2 is 1.65 bits per heavy atom. The Balaban J connectivity index is 1.93. The Morgan fingerprint density at radius 3 is 2.45 bits per heavy atom. The molecule has 0 atom stereocenters. The quantitative estimate of drug-likeness (QED) is 0.736. The Hall–Kier alpha value is -2.13. The number of alkyl halides is 1. The van der Waals surface area contributed by atoms with Crippen LogP contribution >= 0.6 is 11.6 Å². The average molecular weight is 284 g/mol. The number of nitrogens with one attached hydrogen (secondary N) is 1. The molecule has 1 heterocycles. The summed E-state index contributed by atoms with van der Waals surface area (Å²) in [4.78, 5) is 8.91. The molecule has 2 aromatic carbocycles. The number of para-hydroxylation sites is 1. The highest BCUT2D eigenvalue weighted by Crippen LogP contribution is 2.21. The Morgan fingerprint density at radius 1 is 0.900 bits per heavy atom. The third-order valence-electron chi connectivity index (χ3n) is 3.07. The number of nitrogens with zero attached hydrogens (tertiary/aromatic N) is 2. The molecule has 0 aliphatic rings. The van der Waals surface area contributed by atoms with Crippen LogP contribution in [0.4, 0.5) is 5.82 Å². The SMILES string of the molecule is ClCc1nc(NCc2ccccc2)c2ccccc2n1. The smallest absolute Gasteiger partial charge is 0.146 e. The van der Waals surface area contributed by atoms with Crippen molar-refractivity contribution in [2.45, 2.75) is 12.4 Å². The van der Waals surface area contributed by atoms with Gasteiger partial charge in [0.25, 0.3) is 0 Å². The molecule has 0 saturated heterocycles. The van der Waals surface area contributed by atoms with Gasteiger partial charge in [0.05, 0.1) is 11.4 Å². The summed E-state index contributed by atoms with van der Waals surface area (Å²) in [5.41, 5.74) is 2.12. The normalized spacial score (nSPS) is 10.7. The molecule has 0 bridgehead atoms. The second-order valence-electron chi connectivity index (χ2n) is 4.48. The van der Waals surface area contributed by atoms with Crippen molar-refractivity contribution in [1.82, 2.24) is 9.97 Å². The number of halogens is 1. The van der Waals surface area contributed by atoms with E-state index in [4.69, 9.17) is 11.6 Å². The molecule has 3 nitrogen and oxygen atoms in total. The predicted octanol–water partition coefficient (Wildman–Crippen LogP) is 3.98. The van der Waals surface area contributed by atoms with Gasteiger partial charge in [-0.2, -0.15) is 0 Å². The van der Waals surface area contributed by atoms with E-state index in [2.05, 4.69) is 27.4 Å². The van der Waals surface area contributed by atoms with Gasteiger partial charge in [-0.15, -0.1) is 11.6 Å². The average Bonchev–Trinajstić information content (AvgIpc) is 2.53. The lowest BCUT2D eigenvalue weighted by Gasteiger charge is -2.10. The summed E-state index contributed by atoms with van der Waals surface area (Å²) in [7, 11) is 0. The number of hydrogen-bond acceptors (Lipinski definition) is 3. The monoisotopic (exact) mass is 283 g/mol. The molecule has 0 saturated carbocycles. The molecule has 0 radical (unpaired) electrons. The summed E-state index contributed by atoms with van der Waals surface area (Å²) in [5, 5.41) is 4.38. The zero-order valence-electron chi connectivity index (χ0n) is 10.9. The van der Waals surface area contributed by atoms with Crippen molar-refractivity contribution >= 4 is 28.3 Å². The van der Waals surface area contributed by atoms with Crippen molar-refractivity contribution < 1.29 is 0 Å². The van der Waals surface area contributed by atoms with Crippen molar-refractivity contribution in [2.24, 2.45) is 0 Å². The van der Waals surface area contributed by atoms with Gasteiger partial charge in [0, 0.05) is 11.9 Å². The maximum absolute atomic E-state index is 5.86. The summed E-state index contributed by atoms with van der Waals surface area (Å²) in [6.07, 6.45) is 0. The number of rotatable bonds is 4. The fourth-order valence-corrected chi connectivity index (χ4v) is 2.22. The number of aromatic nitrogens is 2.